The smallest absolute Gasteiger partial charge is 0.224 e. The van der Waals surface area contributed by atoms with Crippen LogP contribution in [0.25, 0.3) is 5.69 Å². The van der Waals surface area contributed by atoms with Gasteiger partial charge in [-0.25, -0.2) is 13.5 Å². The fraction of sp³-hybridized carbons (Fsp3) is 0.200. The third-order valence-electron chi connectivity index (χ3n) is 4.06. The SMILES string of the molecule is Cc1cc(C)n(-c2ccc(CCC(=O)Nc3c(F)cccc3F)cc2)n1. The summed E-state index contributed by atoms with van der Waals surface area (Å²) in [5, 5.41) is 6.72. The molecule has 0 aliphatic carbocycles. The van der Waals surface area contributed by atoms with E-state index in [9.17, 15) is 13.6 Å². The third kappa shape index (κ3) is 3.96. The van der Waals surface area contributed by atoms with E-state index in [2.05, 4.69) is 10.4 Å². The van der Waals surface area contributed by atoms with Gasteiger partial charge in [-0.3, -0.25) is 4.79 Å². The van der Waals surface area contributed by atoms with Gasteiger partial charge in [0.1, 0.15) is 17.3 Å². The Morgan fingerprint density at radius 2 is 1.73 bits per heavy atom. The van der Waals surface area contributed by atoms with Crippen LogP contribution in [0.2, 0.25) is 0 Å². The van der Waals surface area contributed by atoms with Crippen LogP contribution >= 0.6 is 0 Å². The van der Waals surface area contributed by atoms with Crippen LogP contribution in [-0.2, 0) is 11.2 Å². The molecule has 3 aromatic rings. The number of hydrogen-bond donors (Lipinski definition) is 1. The summed E-state index contributed by atoms with van der Waals surface area (Å²) in [5.74, 6) is -2.00. The number of anilines is 1. The van der Waals surface area contributed by atoms with Gasteiger partial charge in [0.05, 0.1) is 11.4 Å². The first-order chi connectivity index (χ1) is 12.4. The highest BCUT2D eigenvalue weighted by molar-refractivity contribution is 5.91. The Balaban J connectivity index is 1.61. The maximum Gasteiger partial charge on any atom is 0.224 e. The van der Waals surface area contributed by atoms with Gasteiger partial charge in [-0.15, -0.1) is 0 Å². The summed E-state index contributed by atoms with van der Waals surface area (Å²) in [7, 11) is 0. The molecule has 0 radical (unpaired) electrons. The lowest BCUT2D eigenvalue weighted by atomic mass is 10.1. The average Bonchev–Trinajstić information content (AvgIpc) is 2.95. The van der Waals surface area contributed by atoms with Crippen LogP contribution in [0.15, 0.2) is 48.5 Å². The lowest BCUT2D eigenvalue weighted by molar-refractivity contribution is -0.116. The topological polar surface area (TPSA) is 46.9 Å². The molecule has 6 heteroatoms. The van der Waals surface area contributed by atoms with Gasteiger partial charge in [-0.2, -0.15) is 5.10 Å². The fourth-order valence-electron chi connectivity index (χ4n) is 2.77. The van der Waals surface area contributed by atoms with E-state index in [1.807, 2.05) is 48.9 Å². The number of aromatic nitrogens is 2. The molecule has 1 heterocycles. The Hall–Kier alpha value is -3.02. The van der Waals surface area contributed by atoms with Crippen LogP contribution in [0.1, 0.15) is 23.4 Å². The normalized spacial score (nSPS) is 10.8. The highest BCUT2D eigenvalue weighted by atomic mass is 19.1. The van der Waals surface area contributed by atoms with Crippen molar-refractivity contribution in [2.24, 2.45) is 0 Å². The van der Waals surface area contributed by atoms with Gasteiger partial charge in [0.2, 0.25) is 5.91 Å². The molecule has 1 amide bonds. The molecule has 0 bridgehead atoms. The molecular weight excluding hydrogens is 336 g/mol. The van der Waals surface area contributed by atoms with E-state index in [4.69, 9.17) is 0 Å². The molecule has 4 nitrogen and oxygen atoms in total. The number of benzene rings is 2. The van der Waals surface area contributed by atoms with Crippen molar-refractivity contribution in [3.05, 3.63) is 77.1 Å². The Bertz CT molecular complexity index is 912. The van der Waals surface area contributed by atoms with Crippen LogP contribution in [0, 0.1) is 25.5 Å². The largest absolute Gasteiger partial charge is 0.321 e. The monoisotopic (exact) mass is 355 g/mol. The lowest BCUT2D eigenvalue weighted by Gasteiger charge is -2.08. The molecule has 0 saturated carbocycles. The summed E-state index contributed by atoms with van der Waals surface area (Å²) in [6.07, 6.45) is 0.604. The lowest BCUT2D eigenvalue weighted by Crippen LogP contribution is -2.14. The van der Waals surface area contributed by atoms with E-state index in [-0.39, 0.29) is 6.42 Å². The molecule has 134 valence electrons. The molecule has 0 unspecified atom stereocenters. The predicted octanol–water partition coefficient (Wildman–Crippen LogP) is 4.34. The number of amides is 1. The van der Waals surface area contributed by atoms with Gasteiger partial charge in [0.15, 0.2) is 0 Å². The Labute approximate surface area is 150 Å². The number of para-hydroxylation sites is 1. The molecule has 0 aliphatic heterocycles. The third-order valence-corrected chi connectivity index (χ3v) is 4.06. The Morgan fingerprint density at radius 3 is 2.31 bits per heavy atom. The minimum absolute atomic E-state index is 0.132. The number of halogens is 2. The first kappa shape index (κ1) is 17.8. The Morgan fingerprint density at radius 1 is 1.08 bits per heavy atom. The van der Waals surface area contributed by atoms with Crippen molar-refractivity contribution >= 4 is 11.6 Å². The molecule has 0 fully saturated rings. The van der Waals surface area contributed by atoms with Crippen molar-refractivity contribution in [2.45, 2.75) is 26.7 Å². The van der Waals surface area contributed by atoms with Crippen molar-refractivity contribution in [1.29, 1.82) is 0 Å². The van der Waals surface area contributed by atoms with Crippen LogP contribution in [0.3, 0.4) is 0 Å². The number of aryl methyl sites for hydroxylation is 3. The van der Waals surface area contributed by atoms with Crippen molar-refractivity contribution in [1.82, 2.24) is 9.78 Å². The maximum absolute atomic E-state index is 13.6. The summed E-state index contributed by atoms with van der Waals surface area (Å²) in [6, 6.07) is 13.2. The number of nitrogens with one attached hydrogen (secondary N) is 1. The second-order valence-corrected chi connectivity index (χ2v) is 6.15. The second-order valence-electron chi connectivity index (χ2n) is 6.15. The summed E-state index contributed by atoms with van der Waals surface area (Å²) >= 11 is 0. The molecule has 1 N–H and O–H groups in total. The van der Waals surface area contributed by atoms with E-state index >= 15 is 0 Å². The molecule has 0 aliphatic rings. The highest BCUT2D eigenvalue weighted by Gasteiger charge is 2.12. The predicted molar refractivity (Wildman–Crippen MR) is 96.3 cm³/mol. The van der Waals surface area contributed by atoms with Gasteiger partial charge in [-0.05, 0) is 56.2 Å². The first-order valence-electron chi connectivity index (χ1n) is 8.30. The molecule has 0 atom stereocenters. The van der Waals surface area contributed by atoms with Gasteiger partial charge in [-0.1, -0.05) is 18.2 Å². The van der Waals surface area contributed by atoms with Crippen molar-refractivity contribution in [2.75, 3.05) is 5.32 Å². The van der Waals surface area contributed by atoms with Crippen LogP contribution in [-0.4, -0.2) is 15.7 Å². The summed E-state index contributed by atoms with van der Waals surface area (Å²) < 4.78 is 29.0. The second kappa shape index (κ2) is 7.47. The minimum atomic E-state index is -0.785. The van der Waals surface area contributed by atoms with E-state index in [0.29, 0.717) is 6.42 Å². The molecule has 3 rings (SSSR count). The molecule has 1 aromatic heterocycles. The van der Waals surface area contributed by atoms with Gasteiger partial charge in [0.25, 0.3) is 0 Å². The molecule has 0 spiro atoms. The standard InChI is InChI=1S/C20H19F2N3O/c1-13-12-14(2)25(24-13)16-9-6-15(7-10-16)8-11-19(26)23-20-17(21)4-3-5-18(20)22/h3-7,9-10,12H,8,11H2,1-2H3,(H,23,26). The summed E-state index contributed by atoms with van der Waals surface area (Å²) in [4.78, 5) is 12.0. The maximum atomic E-state index is 13.6. The van der Waals surface area contributed by atoms with Gasteiger partial charge < -0.3 is 5.32 Å². The van der Waals surface area contributed by atoms with Crippen LogP contribution in [0.4, 0.5) is 14.5 Å². The molecular formula is C20H19F2N3O. The number of nitrogens with zero attached hydrogens (tertiary/aromatic N) is 2. The first-order valence-corrected chi connectivity index (χ1v) is 8.30. The summed E-state index contributed by atoms with van der Waals surface area (Å²) in [5.41, 5.74) is 3.49. The van der Waals surface area contributed by atoms with E-state index in [1.165, 1.54) is 6.07 Å². The quantitative estimate of drug-likeness (QED) is 0.740. The Kier molecular flexibility index (Phi) is 5.11. The van der Waals surface area contributed by atoms with Crippen molar-refractivity contribution < 1.29 is 13.6 Å². The number of hydrogen-bond acceptors (Lipinski definition) is 2. The van der Waals surface area contributed by atoms with E-state index < -0.39 is 23.2 Å². The molecule has 0 saturated heterocycles. The average molecular weight is 355 g/mol. The zero-order chi connectivity index (χ0) is 18.7. The van der Waals surface area contributed by atoms with E-state index in [1.54, 1.807) is 0 Å². The zero-order valence-electron chi connectivity index (χ0n) is 14.6. The number of carbonyl (C=O) groups excluding carboxylic acids is 1. The fourth-order valence-corrected chi connectivity index (χ4v) is 2.77. The summed E-state index contributed by atoms with van der Waals surface area (Å²) in [6.45, 7) is 3.93. The highest BCUT2D eigenvalue weighted by Crippen LogP contribution is 2.19. The molecule has 2 aromatic carbocycles. The van der Waals surface area contributed by atoms with E-state index in [0.717, 1.165) is 34.8 Å². The van der Waals surface area contributed by atoms with Gasteiger partial charge in [0, 0.05) is 12.1 Å². The van der Waals surface area contributed by atoms with Crippen molar-refractivity contribution in [3.8, 4) is 5.69 Å². The number of rotatable bonds is 5. The number of carbonyl (C=O) groups is 1. The van der Waals surface area contributed by atoms with Crippen LogP contribution in [0.5, 0.6) is 0 Å². The molecule has 26 heavy (non-hydrogen) atoms. The zero-order valence-corrected chi connectivity index (χ0v) is 14.6. The van der Waals surface area contributed by atoms with Crippen molar-refractivity contribution in [3.63, 3.8) is 0 Å². The minimum Gasteiger partial charge on any atom is -0.321 e. The van der Waals surface area contributed by atoms with Gasteiger partial charge >= 0.3 is 0 Å². The van der Waals surface area contributed by atoms with Crippen LogP contribution < -0.4 is 5.32 Å².